The SMILES string of the molecule is N#Cc1ccc(Nc2nc(C3CCN(Cc4ccc(B(O)O)o4)CC3)cs2)cn1. The normalized spacial score (nSPS) is 15.2. The van der Waals surface area contributed by atoms with Crippen molar-refractivity contribution in [1.29, 1.82) is 5.26 Å². The first-order chi connectivity index (χ1) is 14.1. The first-order valence-electron chi connectivity index (χ1n) is 9.36. The average molecular weight is 409 g/mol. The van der Waals surface area contributed by atoms with Crippen molar-refractivity contribution in [1.82, 2.24) is 14.9 Å². The largest absolute Gasteiger partial charge is 0.526 e. The molecule has 10 heteroatoms. The smallest absolute Gasteiger partial charge is 0.468 e. The van der Waals surface area contributed by atoms with Crippen LogP contribution in [0.4, 0.5) is 10.8 Å². The minimum atomic E-state index is -1.57. The van der Waals surface area contributed by atoms with Gasteiger partial charge in [0.25, 0.3) is 0 Å². The Balaban J connectivity index is 1.30. The number of pyridine rings is 1. The molecule has 0 spiro atoms. The van der Waals surface area contributed by atoms with Crippen LogP contribution in [-0.2, 0) is 6.54 Å². The number of anilines is 2. The molecule has 4 rings (SSSR count). The molecule has 1 aliphatic rings. The van der Waals surface area contributed by atoms with E-state index in [1.54, 1.807) is 35.7 Å². The Hall–Kier alpha value is -2.71. The molecule has 3 N–H and O–H groups in total. The summed E-state index contributed by atoms with van der Waals surface area (Å²) < 4.78 is 5.45. The topological polar surface area (TPSA) is 118 Å². The Labute approximate surface area is 172 Å². The maximum Gasteiger partial charge on any atom is 0.526 e. The number of rotatable bonds is 6. The van der Waals surface area contributed by atoms with Gasteiger partial charge in [0.2, 0.25) is 0 Å². The van der Waals surface area contributed by atoms with Crippen molar-refractivity contribution >= 4 is 34.9 Å². The van der Waals surface area contributed by atoms with E-state index in [4.69, 9.17) is 24.7 Å². The Morgan fingerprint density at radius 2 is 2.10 bits per heavy atom. The number of aromatic nitrogens is 2. The van der Waals surface area contributed by atoms with Gasteiger partial charge in [0.1, 0.15) is 23.2 Å². The van der Waals surface area contributed by atoms with Crippen LogP contribution in [0.15, 0.2) is 40.3 Å². The van der Waals surface area contributed by atoms with Crippen LogP contribution >= 0.6 is 11.3 Å². The van der Waals surface area contributed by atoms with E-state index in [2.05, 4.69) is 20.6 Å². The van der Waals surface area contributed by atoms with Crippen molar-refractivity contribution in [3.05, 3.63) is 53.0 Å². The summed E-state index contributed by atoms with van der Waals surface area (Å²) in [5.74, 6) is 1.16. The van der Waals surface area contributed by atoms with Gasteiger partial charge in [-0.3, -0.25) is 4.90 Å². The van der Waals surface area contributed by atoms with Crippen LogP contribution < -0.4 is 11.0 Å². The van der Waals surface area contributed by atoms with Crippen LogP contribution in [0, 0.1) is 11.3 Å². The predicted octanol–water partition coefficient (Wildman–Crippen LogP) is 1.81. The highest BCUT2D eigenvalue weighted by Crippen LogP contribution is 2.31. The van der Waals surface area contributed by atoms with Gasteiger partial charge in [-0.1, -0.05) is 0 Å². The van der Waals surface area contributed by atoms with Crippen molar-refractivity contribution in [2.75, 3.05) is 18.4 Å². The number of furan rings is 1. The van der Waals surface area contributed by atoms with E-state index in [1.807, 2.05) is 12.1 Å². The van der Waals surface area contributed by atoms with Gasteiger partial charge < -0.3 is 19.8 Å². The zero-order chi connectivity index (χ0) is 20.2. The van der Waals surface area contributed by atoms with Crippen LogP contribution in [0.5, 0.6) is 0 Å². The second-order valence-electron chi connectivity index (χ2n) is 6.97. The lowest BCUT2D eigenvalue weighted by Crippen LogP contribution is -2.32. The van der Waals surface area contributed by atoms with Gasteiger partial charge in [-0.15, -0.1) is 11.3 Å². The number of nitrogens with one attached hydrogen (secondary N) is 1. The monoisotopic (exact) mass is 409 g/mol. The van der Waals surface area contributed by atoms with E-state index in [9.17, 15) is 0 Å². The summed E-state index contributed by atoms with van der Waals surface area (Å²) in [4.78, 5) is 11.1. The number of thiazole rings is 1. The summed E-state index contributed by atoms with van der Waals surface area (Å²) in [5.41, 5.74) is 2.48. The lowest BCUT2D eigenvalue weighted by Gasteiger charge is -2.30. The highest BCUT2D eigenvalue weighted by molar-refractivity contribution is 7.13. The van der Waals surface area contributed by atoms with E-state index in [0.29, 0.717) is 18.2 Å². The van der Waals surface area contributed by atoms with Crippen molar-refractivity contribution < 1.29 is 14.5 Å². The Bertz CT molecular complexity index is 990. The number of hydrogen-bond donors (Lipinski definition) is 3. The molecular formula is C19H20BN5O3S. The molecule has 8 nitrogen and oxygen atoms in total. The molecule has 1 fully saturated rings. The molecule has 3 aromatic heterocycles. The van der Waals surface area contributed by atoms with Gasteiger partial charge in [0.05, 0.1) is 24.1 Å². The first kappa shape index (κ1) is 19.6. The maximum atomic E-state index is 9.14. The molecular weight excluding hydrogens is 389 g/mol. The fourth-order valence-electron chi connectivity index (χ4n) is 3.41. The summed E-state index contributed by atoms with van der Waals surface area (Å²) in [7, 11) is -1.57. The molecule has 0 amide bonds. The first-order valence-corrected chi connectivity index (χ1v) is 10.2. The third-order valence-corrected chi connectivity index (χ3v) is 5.75. The third kappa shape index (κ3) is 4.83. The second kappa shape index (κ2) is 8.76. The summed E-state index contributed by atoms with van der Waals surface area (Å²) in [5, 5.41) is 33.3. The third-order valence-electron chi connectivity index (χ3n) is 4.97. The van der Waals surface area contributed by atoms with E-state index < -0.39 is 7.12 Å². The minimum absolute atomic E-state index is 0.176. The summed E-state index contributed by atoms with van der Waals surface area (Å²) in [6, 6.07) is 8.89. The highest BCUT2D eigenvalue weighted by Gasteiger charge is 2.24. The lowest BCUT2D eigenvalue weighted by atomic mass is 9.88. The van der Waals surface area contributed by atoms with E-state index in [-0.39, 0.29) is 5.66 Å². The predicted molar refractivity (Wildman–Crippen MR) is 110 cm³/mol. The molecule has 29 heavy (non-hydrogen) atoms. The van der Waals surface area contributed by atoms with Gasteiger partial charge >= 0.3 is 7.12 Å². The van der Waals surface area contributed by atoms with E-state index in [0.717, 1.165) is 48.2 Å². The number of piperidine rings is 1. The molecule has 0 aromatic carbocycles. The molecule has 0 unspecified atom stereocenters. The molecule has 1 aliphatic heterocycles. The maximum absolute atomic E-state index is 9.14. The molecule has 3 aromatic rings. The Kier molecular flexibility index (Phi) is 5.92. The van der Waals surface area contributed by atoms with Gasteiger partial charge in [0, 0.05) is 11.3 Å². The molecule has 0 radical (unpaired) electrons. The number of nitriles is 1. The minimum Gasteiger partial charge on any atom is -0.468 e. The number of likely N-dealkylation sites (tertiary alicyclic amines) is 1. The van der Waals surface area contributed by atoms with Crippen LogP contribution in [0.25, 0.3) is 0 Å². The van der Waals surface area contributed by atoms with Gasteiger partial charge in [-0.05, 0) is 50.2 Å². The molecule has 0 atom stereocenters. The second-order valence-corrected chi connectivity index (χ2v) is 7.83. The zero-order valence-corrected chi connectivity index (χ0v) is 16.5. The van der Waals surface area contributed by atoms with Crippen LogP contribution in [-0.4, -0.2) is 45.1 Å². The van der Waals surface area contributed by atoms with Crippen LogP contribution in [0.3, 0.4) is 0 Å². The summed E-state index contributed by atoms with van der Waals surface area (Å²) in [6.45, 7) is 2.53. The quantitative estimate of drug-likeness (QED) is 0.528. The Morgan fingerprint density at radius 3 is 2.76 bits per heavy atom. The molecule has 1 saturated heterocycles. The lowest BCUT2D eigenvalue weighted by molar-refractivity contribution is 0.190. The zero-order valence-electron chi connectivity index (χ0n) is 15.7. The van der Waals surface area contributed by atoms with Crippen molar-refractivity contribution in [2.24, 2.45) is 0 Å². The average Bonchev–Trinajstić information content (AvgIpc) is 3.39. The van der Waals surface area contributed by atoms with Crippen molar-refractivity contribution in [3.8, 4) is 6.07 Å². The van der Waals surface area contributed by atoms with Gasteiger partial charge in [-0.25, -0.2) is 9.97 Å². The fraction of sp³-hybridized carbons (Fsp3) is 0.316. The van der Waals surface area contributed by atoms with Crippen LogP contribution in [0.2, 0.25) is 0 Å². The summed E-state index contributed by atoms with van der Waals surface area (Å²) in [6.07, 6.45) is 3.66. The fourth-order valence-corrected chi connectivity index (χ4v) is 4.23. The number of nitrogens with zero attached hydrogens (tertiary/aromatic N) is 4. The van der Waals surface area contributed by atoms with Crippen molar-refractivity contribution in [3.63, 3.8) is 0 Å². The molecule has 4 heterocycles. The molecule has 0 bridgehead atoms. The number of hydrogen-bond acceptors (Lipinski definition) is 9. The Morgan fingerprint density at radius 1 is 1.28 bits per heavy atom. The van der Waals surface area contributed by atoms with E-state index >= 15 is 0 Å². The van der Waals surface area contributed by atoms with E-state index in [1.165, 1.54) is 0 Å². The molecule has 148 valence electrons. The van der Waals surface area contributed by atoms with Crippen LogP contribution in [0.1, 0.15) is 35.9 Å². The molecule has 0 saturated carbocycles. The summed E-state index contributed by atoms with van der Waals surface area (Å²) >= 11 is 1.57. The van der Waals surface area contributed by atoms with Crippen molar-refractivity contribution in [2.45, 2.75) is 25.3 Å². The van der Waals surface area contributed by atoms with Gasteiger partial charge in [-0.2, -0.15) is 5.26 Å². The van der Waals surface area contributed by atoms with Gasteiger partial charge in [0.15, 0.2) is 5.13 Å². The molecule has 0 aliphatic carbocycles. The standard InChI is InChI=1S/C19H20BN5O3S/c21-9-14-1-2-15(10-22-14)23-19-24-17(12-29-19)13-5-7-25(8-6-13)11-16-3-4-18(28-16)20(26)27/h1-4,10,12-13,26-27H,5-8,11H2,(H,23,24). The highest BCUT2D eigenvalue weighted by atomic mass is 32.1.